The molecule has 2 aliphatic rings. The average Bonchev–Trinajstić information content (AvgIpc) is 3.19. The number of rotatable bonds is 3. The van der Waals surface area contributed by atoms with Gasteiger partial charge in [-0.25, -0.2) is 17.8 Å². The maximum Gasteiger partial charge on any atom is 0.288 e. The van der Waals surface area contributed by atoms with Gasteiger partial charge in [0, 0.05) is 17.3 Å². The highest BCUT2D eigenvalue weighted by Gasteiger charge is 2.40. The summed E-state index contributed by atoms with van der Waals surface area (Å²) in [7, 11) is -3.12. The highest BCUT2D eigenvalue weighted by Crippen LogP contribution is 2.39. The van der Waals surface area contributed by atoms with Crippen LogP contribution in [0.25, 0.3) is 11.0 Å². The Morgan fingerprint density at radius 2 is 2.03 bits per heavy atom. The lowest BCUT2D eigenvalue weighted by molar-refractivity contribution is 0.0263. The van der Waals surface area contributed by atoms with Crippen LogP contribution in [0.4, 0.5) is 16.0 Å². The van der Waals surface area contributed by atoms with Gasteiger partial charge in [0.25, 0.3) is 5.56 Å². The third kappa shape index (κ3) is 3.49. The number of aromatic nitrogens is 3. The minimum absolute atomic E-state index is 0.00792. The molecule has 8 nitrogen and oxygen atoms in total. The smallest absolute Gasteiger partial charge is 0.288 e. The molecule has 2 aromatic heterocycles. The number of anilines is 2. The van der Waals surface area contributed by atoms with Crippen molar-refractivity contribution in [2.75, 3.05) is 5.32 Å². The summed E-state index contributed by atoms with van der Waals surface area (Å²) >= 11 is 0. The van der Waals surface area contributed by atoms with E-state index in [1.54, 1.807) is 25.1 Å². The molecule has 0 bridgehead atoms. The van der Waals surface area contributed by atoms with E-state index in [9.17, 15) is 22.7 Å². The maximum absolute atomic E-state index is 14.3. The molecule has 0 unspecified atom stereocenters. The molecule has 5 rings (SSSR count). The van der Waals surface area contributed by atoms with Crippen LogP contribution in [0.3, 0.4) is 0 Å². The summed E-state index contributed by atoms with van der Waals surface area (Å²) in [6.07, 6.45) is 3.19. The number of fused-ring (bicyclic) bond motifs is 2. The highest BCUT2D eigenvalue weighted by atomic mass is 32.2. The third-order valence-electron chi connectivity index (χ3n) is 6.13. The lowest BCUT2D eigenvalue weighted by atomic mass is 10.00. The van der Waals surface area contributed by atoms with E-state index in [0.717, 1.165) is 23.6 Å². The Kier molecular flexibility index (Phi) is 4.42. The van der Waals surface area contributed by atoms with Gasteiger partial charge in [-0.3, -0.25) is 9.36 Å². The molecule has 2 atom stereocenters. The van der Waals surface area contributed by atoms with Crippen molar-refractivity contribution < 1.29 is 17.9 Å². The summed E-state index contributed by atoms with van der Waals surface area (Å²) in [6, 6.07) is 5.75. The lowest BCUT2D eigenvalue weighted by Gasteiger charge is -2.28. The summed E-state index contributed by atoms with van der Waals surface area (Å²) in [5.41, 5.74) is 0.379. The van der Waals surface area contributed by atoms with Crippen LogP contribution in [0, 0.1) is 5.82 Å². The monoisotopic (exact) mass is 444 g/mol. The van der Waals surface area contributed by atoms with Crippen molar-refractivity contribution in [3.05, 3.63) is 57.8 Å². The van der Waals surface area contributed by atoms with E-state index in [2.05, 4.69) is 15.3 Å². The van der Waals surface area contributed by atoms with Crippen LogP contribution in [0.2, 0.25) is 0 Å². The number of nitrogens with one attached hydrogen (secondary N) is 1. The highest BCUT2D eigenvalue weighted by molar-refractivity contribution is 7.90. The van der Waals surface area contributed by atoms with Crippen LogP contribution in [0.5, 0.6) is 0 Å². The number of sulfone groups is 1. The zero-order valence-electron chi connectivity index (χ0n) is 16.8. The van der Waals surface area contributed by atoms with Gasteiger partial charge >= 0.3 is 0 Å². The van der Waals surface area contributed by atoms with E-state index in [1.807, 2.05) is 0 Å². The molecule has 0 saturated heterocycles. The number of aliphatic hydroxyl groups is 1. The summed E-state index contributed by atoms with van der Waals surface area (Å²) in [6.45, 7) is 1.65. The minimum atomic E-state index is -3.12. The van der Waals surface area contributed by atoms with E-state index >= 15 is 0 Å². The number of pyridine rings is 1. The molecule has 3 heterocycles. The van der Waals surface area contributed by atoms with E-state index in [-0.39, 0.29) is 23.1 Å². The Bertz CT molecular complexity index is 1380. The Labute approximate surface area is 177 Å². The van der Waals surface area contributed by atoms with Crippen LogP contribution >= 0.6 is 0 Å². The van der Waals surface area contributed by atoms with E-state index < -0.39 is 32.9 Å². The molecule has 10 heteroatoms. The Balaban J connectivity index is 1.57. The first-order chi connectivity index (χ1) is 14.6. The summed E-state index contributed by atoms with van der Waals surface area (Å²) in [5, 5.41) is 14.1. The second kappa shape index (κ2) is 6.83. The molecule has 1 saturated carbocycles. The largest absolute Gasteiger partial charge is 0.388 e. The van der Waals surface area contributed by atoms with E-state index in [0.29, 0.717) is 23.9 Å². The Hall–Kier alpha value is -2.85. The first kappa shape index (κ1) is 20.1. The molecule has 1 aliphatic heterocycles. The molecule has 31 heavy (non-hydrogen) atoms. The van der Waals surface area contributed by atoms with Gasteiger partial charge in [-0.05, 0) is 55.5 Å². The summed E-state index contributed by atoms with van der Waals surface area (Å²) < 4.78 is 39.3. The lowest BCUT2D eigenvalue weighted by Crippen LogP contribution is -2.38. The summed E-state index contributed by atoms with van der Waals surface area (Å²) in [4.78, 5) is 21.3. The quantitative estimate of drug-likeness (QED) is 0.638. The van der Waals surface area contributed by atoms with Gasteiger partial charge in [0.15, 0.2) is 15.7 Å². The molecule has 1 aliphatic carbocycles. The zero-order valence-corrected chi connectivity index (χ0v) is 17.6. The van der Waals surface area contributed by atoms with Crippen LogP contribution in [0.15, 0.2) is 35.3 Å². The van der Waals surface area contributed by atoms with Crippen LogP contribution in [0.1, 0.15) is 43.4 Å². The second-order valence-corrected chi connectivity index (χ2v) is 10.6. The predicted octanol–water partition coefficient (Wildman–Crippen LogP) is 2.58. The maximum atomic E-state index is 14.3. The molecule has 2 N–H and O–H groups in total. The molecule has 0 radical (unpaired) electrons. The van der Waals surface area contributed by atoms with Gasteiger partial charge in [-0.2, -0.15) is 4.98 Å². The van der Waals surface area contributed by atoms with Crippen molar-refractivity contribution in [3.8, 4) is 0 Å². The van der Waals surface area contributed by atoms with Gasteiger partial charge in [0.05, 0.1) is 23.1 Å². The molecular formula is C21H21FN4O4S. The zero-order chi connectivity index (χ0) is 22.0. The van der Waals surface area contributed by atoms with Crippen molar-refractivity contribution in [3.63, 3.8) is 0 Å². The Morgan fingerprint density at radius 3 is 2.77 bits per heavy atom. The molecule has 1 fully saturated rings. The molecule has 3 aromatic rings. The van der Waals surface area contributed by atoms with Crippen LogP contribution < -0.4 is 10.9 Å². The number of hydrogen-bond acceptors (Lipinski definition) is 7. The first-order valence-corrected chi connectivity index (χ1v) is 11.8. The summed E-state index contributed by atoms with van der Waals surface area (Å²) in [5.74, 6) is -0.703. The number of hydrogen-bond donors (Lipinski definition) is 2. The average molecular weight is 444 g/mol. The Morgan fingerprint density at radius 1 is 1.26 bits per heavy atom. The van der Waals surface area contributed by atoms with Gasteiger partial charge in [-0.15, -0.1) is 0 Å². The number of benzene rings is 1. The van der Waals surface area contributed by atoms with E-state index in [4.69, 9.17) is 0 Å². The topological polar surface area (TPSA) is 114 Å². The van der Waals surface area contributed by atoms with Crippen molar-refractivity contribution in [1.82, 2.24) is 14.5 Å². The van der Waals surface area contributed by atoms with Crippen molar-refractivity contribution in [2.45, 2.75) is 49.3 Å². The van der Waals surface area contributed by atoms with Crippen molar-refractivity contribution >= 4 is 32.5 Å². The van der Waals surface area contributed by atoms with Gasteiger partial charge in [0.2, 0.25) is 5.95 Å². The fourth-order valence-corrected chi connectivity index (χ4v) is 6.21. The van der Waals surface area contributed by atoms with Crippen LogP contribution in [-0.2, 0) is 21.3 Å². The predicted molar refractivity (Wildman–Crippen MR) is 113 cm³/mol. The van der Waals surface area contributed by atoms with Crippen molar-refractivity contribution in [1.29, 1.82) is 0 Å². The first-order valence-electron chi connectivity index (χ1n) is 10.0. The van der Waals surface area contributed by atoms with Gasteiger partial charge in [0.1, 0.15) is 5.65 Å². The number of halogens is 1. The standard InChI is InChI=1S/C21H21FN4O4S/c1-21(28)6-2-3-17(21)26-18-13(8-16(22)19(26)27)9-23-20(25-18)24-15-5-4-12-10-31(29,30)11-14(12)7-15/h4-5,7-9,17,28H,2-3,6,10-11H2,1H3,(H,23,24,25)/t17-,21-/m1/s1. The van der Waals surface area contributed by atoms with Crippen molar-refractivity contribution in [2.24, 2.45) is 0 Å². The van der Waals surface area contributed by atoms with Gasteiger partial charge in [-0.1, -0.05) is 6.07 Å². The fourth-order valence-electron chi connectivity index (χ4n) is 4.61. The fraction of sp³-hybridized carbons (Fsp3) is 0.381. The minimum Gasteiger partial charge on any atom is -0.388 e. The number of nitrogens with zero attached hydrogens (tertiary/aromatic N) is 3. The van der Waals surface area contributed by atoms with Crippen LogP contribution in [-0.4, -0.2) is 33.7 Å². The van der Waals surface area contributed by atoms with E-state index in [1.165, 1.54) is 10.8 Å². The SMILES string of the molecule is C[C@@]1(O)CCC[C@H]1n1c(=O)c(F)cc2cnc(Nc3ccc4c(c3)CS(=O)(=O)C4)nc21. The molecule has 1 aromatic carbocycles. The third-order valence-corrected chi connectivity index (χ3v) is 7.63. The molecule has 0 spiro atoms. The molecule has 162 valence electrons. The second-order valence-electron chi connectivity index (χ2n) is 8.55. The molecule has 0 amide bonds. The molecular weight excluding hydrogens is 423 g/mol. The van der Waals surface area contributed by atoms with Gasteiger partial charge < -0.3 is 10.4 Å². The normalized spacial score (nSPS) is 24.4.